The highest BCUT2D eigenvalue weighted by Gasteiger charge is 2.14. The standard InChI is InChI=1S/C18H25N3O2/c1-18(2,3)16-6-4-15(5-7-16)17(22)20-9-12-23-13-11-21-10-8-19-14-21/h4-8,10,14H,9,11-13H2,1-3H3,(H,20,22). The maximum absolute atomic E-state index is 12.0. The van der Waals surface area contributed by atoms with Gasteiger partial charge in [-0.25, -0.2) is 4.98 Å². The lowest BCUT2D eigenvalue weighted by Crippen LogP contribution is -2.27. The topological polar surface area (TPSA) is 56.1 Å². The summed E-state index contributed by atoms with van der Waals surface area (Å²) in [5.74, 6) is -0.0660. The third-order valence-electron chi connectivity index (χ3n) is 3.60. The molecule has 0 atom stereocenters. The van der Waals surface area contributed by atoms with Crippen LogP contribution in [0.4, 0.5) is 0 Å². The molecule has 1 amide bonds. The molecule has 0 saturated heterocycles. The molecule has 0 aliphatic carbocycles. The van der Waals surface area contributed by atoms with Crippen molar-refractivity contribution >= 4 is 5.91 Å². The van der Waals surface area contributed by atoms with Crippen LogP contribution in [0.1, 0.15) is 36.7 Å². The van der Waals surface area contributed by atoms with Gasteiger partial charge in [-0.3, -0.25) is 4.79 Å². The number of nitrogens with zero attached hydrogens (tertiary/aromatic N) is 2. The molecule has 5 heteroatoms. The molecule has 0 saturated carbocycles. The van der Waals surface area contributed by atoms with E-state index in [1.54, 1.807) is 12.5 Å². The van der Waals surface area contributed by atoms with E-state index in [2.05, 4.69) is 31.1 Å². The molecular formula is C18H25N3O2. The normalized spacial score (nSPS) is 11.4. The monoisotopic (exact) mass is 315 g/mol. The Morgan fingerprint density at radius 3 is 2.57 bits per heavy atom. The lowest BCUT2D eigenvalue weighted by Gasteiger charge is -2.19. The number of imidazole rings is 1. The Morgan fingerprint density at radius 2 is 1.96 bits per heavy atom. The molecule has 0 spiro atoms. The van der Waals surface area contributed by atoms with Gasteiger partial charge in [0.25, 0.3) is 5.91 Å². The fourth-order valence-corrected chi connectivity index (χ4v) is 2.15. The zero-order valence-corrected chi connectivity index (χ0v) is 14.1. The van der Waals surface area contributed by atoms with Crippen LogP contribution in [-0.2, 0) is 16.7 Å². The van der Waals surface area contributed by atoms with E-state index in [4.69, 9.17) is 4.74 Å². The number of nitrogens with one attached hydrogen (secondary N) is 1. The zero-order chi connectivity index (χ0) is 16.7. The van der Waals surface area contributed by atoms with Crippen LogP contribution in [0.2, 0.25) is 0 Å². The van der Waals surface area contributed by atoms with Crippen molar-refractivity contribution in [1.29, 1.82) is 0 Å². The first-order valence-electron chi connectivity index (χ1n) is 7.89. The SMILES string of the molecule is CC(C)(C)c1ccc(C(=O)NCCOCCn2ccnc2)cc1. The highest BCUT2D eigenvalue weighted by Crippen LogP contribution is 2.22. The molecule has 0 fully saturated rings. The summed E-state index contributed by atoms with van der Waals surface area (Å²) in [6.07, 6.45) is 5.39. The first kappa shape index (κ1) is 17.2. The number of ether oxygens (including phenoxy) is 1. The summed E-state index contributed by atoms with van der Waals surface area (Å²) in [7, 11) is 0. The molecule has 1 N–H and O–H groups in total. The van der Waals surface area contributed by atoms with Crippen molar-refractivity contribution in [3.63, 3.8) is 0 Å². The summed E-state index contributed by atoms with van der Waals surface area (Å²) in [6.45, 7) is 8.84. The second-order valence-electron chi connectivity index (χ2n) is 6.50. The minimum atomic E-state index is -0.0660. The molecular weight excluding hydrogens is 290 g/mol. The van der Waals surface area contributed by atoms with Crippen LogP contribution in [0.25, 0.3) is 0 Å². The molecule has 5 nitrogen and oxygen atoms in total. The molecule has 1 heterocycles. The molecule has 0 radical (unpaired) electrons. The maximum atomic E-state index is 12.0. The first-order chi connectivity index (χ1) is 11.0. The molecule has 1 aromatic heterocycles. The summed E-state index contributed by atoms with van der Waals surface area (Å²) in [6, 6.07) is 7.76. The van der Waals surface area contributed by atoms with Crippen LogP contribution >= 0.6 is 0 Å². The molecule has 0 aliphatic rings. The Bertz CT molecular complexity index is 598. The number of hydrogen-bond acceptors (Lipinski definition) is 3. The van der Waals surface area contributed by atoms with Crippen LogP contribution < -0.4 is 5.32 Å². The minimum absolute atomic E-state index is 0.0660. The van der Waals surface area contributed by atoms with Crippen LogP contribution in [0.3, 0.4) is 0 Å². The fraction of sp³-hybridized carbons (Fsp3) is 0.444. The van der Waals surface area contributed by atoms with E-state index in [0.29, 0.717) is 25.3 Å². The Balaban J connectivity index is 1.66. The van der Waals surface area contributed by atoms with Gasteiger partial charge >= 0.3 is 0 Å². The van der Waals surface area contributed by atoms with E-state index in [9.17, 15) is 4.79 Å². The summed E-state index contributed by atoms with van der Waals surface area (Å²) < 4.78 is 7.45. The number of carbonyl (C=O) groups is 1. The van der Waals surface area contributed by atoms with Crippen LogP contribution in [-0.4, -0.2) is 35.2 Å². The Labute approximate surface area is 137 Å². The van der Waals surface area contributed by atoms with Crippen molar-refractivity contribution in [2.45, 2.75) is 32.7 Å². The Hall–Kier alpha value is -2.14. The number of aromatic nitrogens is 2. The third kappa shape index (κ3) is 5.53. The fourth-order valence-electron chi connectivity index (χ4n) is 2.15. The van der Waals surface area contributed by atoms with E-state index in [1.165, 1.54) is 5.56 Å². The van der Waals surface area contributed by atoms with E-state index in [0.717, 1.165) is 6.54 Å². The molecule has 2 rings (SSSR count). The lowest BCUT2D eigenvalue weighted by atomic mass is 9.87. The predicted molar refractivity (Wildman–Crippen MR) is 90.5 cm³/mol. The second kappa shape index (κ2) is 7.92. The van der Waals surface area contributed by atoms with Crippen molar-refractivity contribution in [1.82, 2.24) is 14.9 Å². The number of rotatable bonds is 7. The predicted octanol–water partition coefficient (Wildman–Crippen LogP) is 2.63. The number of carbonyl (C=O) groups excluding carboxylic acids is 1. The minimum Gasteiger partial charge on any atom is -0.378 e. The lowest BCUT2D eigenvalue weighted by molar-refractivity contribution is 0.0908. The van der Waals surface area contributed by atoms with Gasteiger partial charge in [0, 0.05) is 31.0 Å². The van der Waals surface area contributed by atoms with Gasteiger partial charge in [-0.2, -0.15) is 0 Å². The summed E-state index contributed by atoms with van der Waals surface area (Å²) in [5, 5.41) is 2.87. The van der Waals surface area contributed by atoms with Crippen molar-refractivity contribution in [2.24, 2.45) is 0 Å². The van der Waals surface area contributed by atoms with Gasteiger partial charge in [-0.05, 0) is 23.1 Å². The largest absolute Gasteiger partial charge is 0.378 e. The molecule has 0 unspecified atom stereocenters. The van der Waals surface area contributed by atoms with Gasteiger partial charge in [0.2, 0.25) is 0 Å². The van der Waals surface area contributed by atoms with Gasteiger partial charge in [0.15, 0.2) is 0 Å². The molecule has 124 valence electrons. The Morgan fingerprint density at radius 1 is 1.22 bits per heavy atom. The summed E-state index contributed by atoms with van der Waals surface area (Å²) in [4.78, 5) is 16.0. The first-order valence-corrected chi connectivity index (χ1v) is 7.89. The molecule has 2 aromatic rings. The highest BCUT2D eigenvalue weighted by atomic mass is 16.5. The van der Waals surface area contributed by atoms with Crippen molar-refractivity contribution in [3.05, 3.63) is 54.1 Å². The molecule has 0 bridgehead atoms. The van der Waals surface area contributed by atoms with Gasteiger partial charge in [0.1, 0.15) is 0 Å². The average molecular weight is 315 g/mol. The molecule has 23 heavy (non-hydrogen) atoms. The van der Waals surface area contributed by atoms with Gasteiger partial charge in [-0.1, -0.05) is 32.9 Å². The van der Waals surface area contributed by atoms with E-state index < -0.39 is 0 Å². The highest BCUT2D eigenvalue weighted by molar-refractivity contribution is 5.94. The quantitative estimate of drug-likeness (QED) is 0.799. The van der Waals surface area contributed by atoms with Crippen molar-refractivity contribution < 1.29 is 9.53 Å². The van der Waals surface area contributed by atoms with Crippen LogP contribution in [0, 0.1) is 0 Å². The third-order valence-corrected chi connectivity index (χ3v) is 3.60. The van der Waals surface area contributed by atoms with Crippen LogP contribution in [0.15, 0.2) is 43.0 Å². The van der Waals surface area contributed by atoms with E-state index >= 15 is 0 Å². The number of hydrogen-bond donors (Lipinski definition) is 1. The van der Waals surface area contributed by atoms with Crippen molar-refractivity contribution in [3.8, 4) is 0 Å². The number of amides is 1. The average Bonchev–Trinajstić information content (AvgIpc) is 3.03. The maximum Gasteiger partial charge on any atom is 0.251 e. The molecule has 0 aliphatic heterocycles. The van der Waals surface area contributed by atoms with Crippen molar-refractivity contribution in [2.75, 3.05) is 19.8 Å². The smallest absolute Gasteiger partial charge is 0.251 e. The van der Waals surface area contributed by atoms with E-state index in [-0.39, 0.29) is 11.3 Å². The Kier molecular flexibility index (Phi) is 5.93. The van der Waals surface area contributed by atoms with E-state index in [1.807, 2.05) is 35.0 Å². The summed E-state index contributed by atoms with van der Waals surface area (Å²) >= 11 is 0. The van der Waals surface area contributed by atoms with Gasteiger partial charge in [-0.15, -0.1) is 0 Å². The van der Waals surface area contributed by atoms with Crippen LogP contribution in [0.5, 0.6) is 0 Å². The molecule has 1 aromatic carbocycles. The summed E-state index contributed by atoms with van der Waals surface area (Å²) in [5.41, 5.74) is 1.99. The van der Waals surface area contributed by atoms with Gasteiger partial charge in [0.05, 0.1) is 19.5 Å². The second-order valence-corrected chi connectivity index (χ2v) is 6.50. The zero-order valence-electron chi connectivity index (χ0n) is 14.1. The van der Waals surface area contributed by atoms with Gasteiger partial charge < -0.3 is 14.6 Å². The number of benzene rings is 1.